The van der Waals surface area contributed by atoms with Crippen LogP contribution in [0.15, 0.2) is 30.3 Å². The minimum absolute atomic E-state index is 0.275. The highest BCUT2D eigenvalue weighted by molar-refractivity contribution is 5.95. The number of benzene rings is 1. The third-order valence-electron chi connectivity index (χ3n) is 1.90. The van der Waals surface area contributed by atoms with E-state index in [0.29, 0.717) is 5.56 Å². The summed E-state index contributed by atoms with van der Waals surface area (Å²) in [7, 11) is 0. The Morgan fingerprint density at radius 1 is 1.19 bits per heavy atom. The summed E-state index contributed by atoms with van der Waals surface area (Å²) < 4.78 is 9.18. The van der Waals surface area contributed by atoms with Crippen LogP contribution in [0.4, 0.5) is 4.79 Å². The number of carbonyl (C=O) groups excluding carboxylic acids is 2. The Morgan fingerprint density at radius 2 is 1.88 bits per heavy atom. The van der Waals surface area contributed by atoms with Gasteiger partial charge in [-0.2, -0.15) is 0 Å². The van der Waals surface area contributed by atoms with Crippen LogP contribution in [0.5, 0.6) is 0 Å². The fourth-order valence-electron chi connectivity index (χ4n) is 1.04. The van der Waals surface area contributed by atoms with Crippen molar-refractivity contribution in [2.24, 2.45) is 0 Å². The van der Waals surface area contributed by atoms with E-state index in [0.717, 1.165) is 12.8 Å². The number of ether oxygens (including phenoxy) is 2. The van der Waals surface area contributed by atoms with Gasteiger partial charge in [0.05, 0.1) is 12.2 Å². The molecule has 86 valence electrons. The molecule has 1 aromatic carbocycles. The zero-order valence-electron chi connectivity index (χ0n) is 9.14. The highest BCUT2D eigenvalue weighted by atomic mass is 16.7. The molecule has 0 fully saturated rings. The van der Waals surface area contributed by atoms with Crippen LogP contribution in [0, 0.1) is 0 Å². The standard InChI is InChI=1S/C12H14O4/c1-2-3-9-15-12(14)16-11(13)10-7-5-4-6-8-10/h4-8H,2-3,9H2,1H3. The van der Waals surface area contributed by atoms with Gasteiger partial charge < -0.3 is 9.47 Å². The largest absolute Gasteiger partial charge is 0.516 e. The first-order valence-corrected chi connectivity index (χ1v) is 5.18. The Labute approximate surface area is 94.2 Å². The van der Waals surface area contributed by atoms with E-state index in [-0.39, 0.29) is 6.61 Å². The van der Waals surface area contributed by atoms with Crippen LogP contribution in [0.1, 0.15) is 30.1 Å². The van der Waals surface area contributed by atoms with Gasteiger partial charge in [-0.1, -0.05) is 31.5 Å². The fraction of sp³-hybridized carbons (Fsp3) is 0.333. The number of rotatable bonds is 4. The molecule has 0 bridgehead atoms. The summed E-state index contributed by atoms with van der Waals surface area (Å²) >= 11 is 0. The average molecular weight is 222 g/mol. The molecule has 0 amide bonds. The van der Waals surface area contributed by atoms with Gasteiger partial charge in [-0.05, 0) is 18.6 Å². The van der Waals surface area contributed by atoms with Crippen LogP contribution in [0.25, 0.3) is 0 Å². The second kappa shape index (κ2) is 6.61. The topological polar surface area (TPSA) is 52.6 Å². The van der Waals surface area contributed by atoms with Crippen molar-refractivity contribution in [2.45, 2.75) is 19.8 Å². The van der Waals surface area contributed by atoms with Gasteiger partial charge >= 0.3 is 12.1 Å². The quantitative estimate of drug-likeness (QED) is 0.446. The number of esters is 1. The van der Waals surface area contributed by atoms with Gasteiger partial charge in [0.1, 0.15) is 0 Å². The Kier molecular flexibility index (Phi) is 5.05. The van der Waals surface area contributed by atoms with E-state index >= 15 is 0 Å². The van der Waals surface area contributed by atoms with Crippen LogP contribution >= 0.6 is 0 Å². The molecule has 4 heteroatoms. The maximum Gasteiger partial charge on any atom is 0.516 e. The van der Waals surface area contributed by atoms with Crippen LogP contribution < -0.4 is 0 Å². The molecule has 0 saturated heterocycles. The zero-order valence-corrected chi connectivity index (χ0v) is 9.14. The SMILES string of the molecule is CCCCOC(=O)OC(=O)c1ccccc1. The molecule has 0 aromatic heterocycles. The highest BCUT2D eigenvalue weighted by Gasteiger charge is 2.12. The monoisotopic (exact) mass is 222 g/mol. The van der Waals surface area contributed by atoms with E-state index in [1.54, 1.807) is 30.3 Å². The van der Waals surface area contributed by atoms with E-state index in [1.807, 2.05) is 6.92 Å². The molecular formula is C12H14O4. The lowest BCUT2D eigenvalue weighted by Crippen LogP contribution is -2.14. The van der Waals surface area contributed by atoms with E-state index in [1.165, 1.54) is 0 Å². The van der Waals surface area contributed by atoms with E-state index in [4.69, 9.17) is 4.74 Å². The molecule has 0 N–H and O–H groups in total. The first kappa shape index (κ1) is 12.2. The van der Waals surface area contributed by atoms with Gasteiger partial charge in [0, 0.05) is 0 Å². The zero-order chi connectivity index (χ0) is 11.8. The third kappa shape index (κ3) is 4.13. The molecule has 0 saturated carbocycles. The Morgan fingerprint density at radius 3 is 2.50 bits per heavy atom. The molecule has 1 aromatic rings. The first-order chi connectivity index (χ1) is 7.74. The summed E-state index contributed by atoms with van der Waals surface area (Å²) in [4.78, 5) is 22.4. The van der Waals surface area contributed by atoms with Crippen molar-refractivity contribution >= 4 is 12.1 Å². The van der Waals surface area contributed by atoms with E-state index < -0.39 is 12.1 Å². The minimum Gasteiger partial charge on any atom is -0.434 e. The summed E-state index contributed by atoms with van der Waals surface area (Å²) in [6.07, 6.45) is 0.733. The lowest BCUT2D eigenvalue weighted by Gasteiger charge is -2.03. The van der Waals surface area contributed by atoms with Gasteiger partial charge in [-0.3, -0.25) is 0 Å². The maximum absolute atomic E-state index is 11.4. The van der Waals surface area contributed by atoms with Crippen LogP contribution in [-0.4, -0.2) is 18.7 Å². The van der Waals surface area contributed by atoms with E-state index in [9.17, 15) is 9.59 Å². The van der Waals surface area contributed by atoms with Crippen molar-refractivity contribution in [3.05, 3.63) is 35.9 Å². The van der Waals surface area contributed by atoms with Gasteiger partial charge in [0.25, 0.3) is 0 Å². The Hall–Kier alpha value is -1.84. The molecule has 0 spiro atoms. The molecule has 0 aliphatic heterocycles. The van der Waals surface area contributed by atoms with Crippen molar-refractivity contribution in [3.63, 3.8) is 0 Å². The summed E-state index contributed by atoms with van der Waals surface area (Å²) in [5.41, 5.74) is 0.329. The highest BCUT2D eigenvalue weighted by Crippen LogP contribution is 2.02. The molecule has 0 unspecified atom stereocenters. The second-order valence-corrected chi connectivity index (χ2v) is 3.21. The van der Waals surface area contributed by atoms with Crippen LogP contribution in [0.2, 0.25) is 0 Å². The Balaban J connectivity index is 2.37. The van der Waals surface area contributed by atoms with Gasteiger partial charge in [0.2, 0.25) is 0 Å². The predicted octanol–water partition coefficient (Wildman–Crippen LogP) is 2.78. The third-order valence-corrected chi connectivity index (χ3v) is 1.90. The summed E-state index contributed by atoms with van der Waals surface area (Å²) in [5.74, 6) is -0.693. The molecule has 0 heterocycles. The molecule has 1 rings (SSSR count). The second-order valence-electron chi connectivity index (χ2n) is 3.21. The minimum atomic E-state index is -0.942. The van der Waals surface area contributed by atoms with Crippen molar-refractivity contribution < 1.29 is 19.1 Å². The Bertz CT molecular complexity index is 345. The van der Waals surface area contributed by atoms with E-state index in [2.05, 4.69) is 4.74 Å². The number of hydrogen-bond acceptors (Lipinski definition) is 4. The average Bonchev–Trinajstić information content (AvgIpc) is 2.30. The van der Waals surface area contributed by atoms with Crippen LogP contribution in [0.3, 0.4) is 0 Å². The molecule has 16 heavy (non-hydrogen) atoms. The lowest BCUT2D eigenvalue weighted by molar-refractivity contribution is 0.0382. The summed E-state index contributed by atoms with van der Waals surface area (Å²) in [6.45, 7) is 2.25. The molecule has 0 atom stereocenters. The normalized spacial score (nSPS) is 9.56. The smallest absolute Gasteiger partial charge is 0.434 e. The summed E-state index contributed by atoms with van der Waals surface area (Å²) in [6, 6.07) is 8.30. The molecular weight excluding hydrogens is 208 g/mol. The van der Waals surface area contributed by atoms with Crippen molar-refractivity contribution in [2.75, 3.05) is 6.61 Å². The molecule has 0 radical (unpaired) electrons. The summed E-state index contributed by atoms with van der Waals surface area (Å²) in [5, 5.41) is 0. The van der Waals surface area contributed by atoms with Crippen LogP contribution in [-0.2, 0) is 9.47 Å². The van der Waals surface area contributed by atoms with Crippen molar-refractivity contribution in [1.29, 1.82) is 0 Å². The van der Waals surface area contributed by atoms with Gasteiger partial charge in [0.15, 0.2) is 0 Å². The number of hydrogen-bond donors (Lipinski definition) is 0. The van der Waals surface area contributed by atoms with Crippen molar-refractivity contribution in [1.82, 2.24) is 0 Å². The maximum atomic E-state index is 11.4. The number of unbranched alkanes of at least 4 members (excludes halogenated alkanes) is 1. The first-order valence-electron chi connectivity index (χ1n) is 5.18. The fourth-order valence-corrected chi connectivity index (χ4v) is 1.04. The molecule has 0 aliphatic carbocycles. The van der Waals surface area contributed by atoms with Gasteiger partial charge in [-0.25, -0.2) is 9.59 Å². The molecule has 4 nitrogen and oxygen atoms in total. The van der Waals surface area contributed by atoms with Crippen molar-refractivity contribution in [3.8, 4) is 0 Å². The van der Waals surface area contributed by atoms with Gasteiger partial charge in [-0.15, -0.1) is 0 Å². The molecule has 0 aliphatic rings. The number of carbonyl (C=O) groups is 2. The predicted molar refractivity (Wildman–Crippen MR) is 58.1 cm³/mol. The lowest BCUT2D eigenvalue weighted by atomic mass is 10.2.